The van der Waals surface area contributed by atoms with Gasteiger partial charge in [-0.05, 0) is 0 Å². The van der Waals surface area contributed by atoms with Crippen LogP contribution < -0.4 is 0 Å². The number of alkyl halides is 3. The van der Waals surface area contributed by atoms with Crippen molar-refractivity contribution >= 4 is 10.0 Å². The van der Waals surface area contributed by atoms with Crippen LogP contribution in [-0.2, 0) is 10.0 Å². The summed E-state index contributed by atoms with van der Waals surface area (Å²) in [6.45, 7) is 0. The lowest BCUT2D eigenvalue weighted by atomic mass is 11.6. The van der Waals surface area contributed by atoms with Crippen LogP contribution >= 0.6 is 0 Å². The van der Waals surface area contributed by atoms with Gasteiger partial charge in [-0.1, -0.05) is 0 Å². The average molecular weight is 148 g/mol. The molecule has 3 nitrogen and oxygen atoms in total. The Labute approximate surface area is 43.3 Å². The number of nitrogens with one attached hydrogen (secondary N) is 1. The van der Waals surface area contributed by atoms with Gasteiger partial charge in [-0.2, -0.15) is 13.2 Å². The van der Waals surface area contributed by atoms with E-state index >= 15 is 0 Å². The van der Waals surface area contributed by atoms with Crippen LogP contribution in [0.15, 0.2) is 0 Å². The summed E-state index contributed by atoms with van der Waals surface area (Å²) in [6, 6.07) is 0. The van der Waals surface area contributed by atoms with E-state index in [0.717, 1.165) is 0 Å². The van der Waals surface area contributed by atoms with Crippen molar-refractivity contribution in [1.29, 1.82) is 0 Å². The number of hydrogen-bond donors (Lipinski definition) is 0. The van der Waals surface area contributed by atoms with Crippen LogP contribution in [0.3, 0.4) is 0 Å². The molecule has 0 aromatic rings. The molecule has 0 saturated carbocycles. The van der Waals surface area contributed by atoms with Crippen molar-refractivity contribution in [2.24, 2.45) is 0 Å². The van der Waals surface area contributed by atoms with E-state index in [0.29, 0.717) is 0 Å². The molecule has 0 spiro atoms. The molecular weight excluding hydrogens is 147 g/mol. The summed E-state index contributed by atoms with van der Waals surface area (Å²) in [5.74, 6) is 0. The van der Waals surface area contributed by atoms with E-state index in [9.17, 15) is 21.6 Å². The molecule has 0 aromatic heterocycles. The molecule has 7 heteroatoms. The average Bonchev–Trinajstić information content (AvgIpc) is 1.25. The van der Waals surface area contributed by atoms with E-state index in [-0.39, 0.29) is 0 Å². The Hall–Kier alpha value is -0.300. The quantitative estimate of drug-likeness (QED) is 0.512. The fourth-order valence-corrected chi connectivity index (χ4v) is 0. The van der Waals surface area contributed by atoms with Gasteiger partial charge in [-0.25, -0.2) is 8.42 Å². The molecule has 0 radical (unpaired) electrons. The van der Waals surface area contributed by atoms with Gasteiger partial charge in [0.1, 0.15) is 0 Å². The number of sulfonamides is 1. The maximum Gasteiger partial charge on any atom is 0.479 e. The molecule has 50 valence electrons. The van der Waals surface area contributed by atoms with Gasteiger partial charge in [0.2, 0.25) is 0 Å². The fourth-order valence-electron chi connectivity index (χ4n) is 0. The topological polar surface area (TPSA) is 57.9 Å². The molecule has 0 unspecified atom stereocenters. The number of rotatable bonds is 0. The first-order valence-corrected chi connectivity index (χ1v) is 2.79. The third-order valence-corrected chi connectivity index (χ3v) is 0.914. The van der Waals surface area contributed by atoms with E-state index in [1.807, 2.05) is 0 Å². The monoisotopic (exact) mass is 148 g/mol. The van der Waals surface area contributed by atoms with Gasteiger partial charge in [-0.3, -0.25) is 0 Å². The minimum Gasteiger partial charge on any atom is -0.556 e. The highest BCUT2D eigenvalue weighted by molar-refractivity contribution is 7.93. The molecule has 0 amide bonds. The van der Waals surface area contributed by atoms with Gasteiger partial charge < -0.3 is 5.14 Å². The van der Waals surface area contributed by atoms with Gasteiger partial charge in [-0.15, -0.1) is 0 Å². The third kappa shape index (κ3) is 1.66. The van der Waals surface area contributed by atoms with Crippen LogP contribution in [0.25, 0.3) is 5.14 Å². The van der Waals surface area contributed by atoms with Crippen molar-refractivity contribution in [3.05, 3.63) is 5.14 Å². The van der Waals surface area contributed by atoms with Gasteiger partial charge in [0, 0.05) is 0 Å². The highest BCUT2D eigenvalue weighted by Gasteiger charge is 2.36. The Morgan fingerprint density at radius 2 is 1.38 bits per heavy atom. The first-order valence-electron chi connectivity index (χ1n) is 1.31. The lowest BCUT2D eigenvalue weighted by molar-refractivity contribution is -0.0423. The van der Waals surface area contributed by atoms with Crippen LogP contribution in [0.2, 0.25) is 0 Å². The maximum atomic E-state index is 10.8. The second-order valence-electron chi connectivity index (χ2n) is 0.949. The van der Waals surface area contributed by atoms with E-state index in [1.165, 1.54) is 0 Å². The number of halogens is 3. The van der Waals surface area contributed by atoms with Gasteiger partial charge in [0.25, 0.3) is 0 Å². The molecule has 0 fully saturated rings. The molecule has 0 aliphatic rings. The first-order chi connectivity index (χ1) is 3.25. The third-order valence-electron chi connectivity index (χ3n) is 0.305. The van der Waals surface area contributed by atoms with Crippen LogP contribution in [0, 0.1) is 0 Å². The molecule has 0 aromatic carbocycles. The predicted octanol–water partition coefficient (Wildman–Crippen LogP) is 0.888. The smallest absolute Gasteiger partial charge is 0.479 e. The first kappa shape index (κ1) is 7.70. The standard InChI is InChI=1S/CHF3NO2S/c2-1(3,4)8(5,6)7/h(H-,5,6,7)/q-1. The zero-order chi connectivity index (χ0) is 7.00. The summed E-state index contributed by atoms with van der Waals surface area (Å²) in [5.41, 5.74) is -5.42. The zero-order valence-corrected chi connectivity index (χ0v) is 4.18. The Morgan fingerprint density at radius 3 is 1.38 bits per heavy atom. The lowest BCUT2D eigenvalue weighted by Gasteiger charge is -2.07. The highest BCUT2D eigenvalue weighted by atomic mass is 32.2. The van der Waals surface area contributed by atoms with Crippen molar-refractivity contribution < 1.29 is 21.6 Å². The summed E-state index contributed by atoms with van der Waals surface area (Å²) in [4.78, 5) is 0. The summed E-state index contributed by atoms with van der Waals surface area (Å²) in [6.07, 6.45) is 0. The summed E-state index contributed by atoms with van der Waals surface area (Å²) >= 11 is 0. The molecule has 0 bridgehead atoms. The Kier molecular flexibility index (Phi) is 1.53. The number of hydrogen-bond acceptors (Lipinski definition) is 2. The molecule has 0 saturated heterocycles. The Bertz CT molecular complexity index is 166. The molecule has 1 N–H and O–H groups in total. The molecule has 8 heavy (non-hydrogen) atoms. The highest BCUT2D eigenvalue weighted by Crippen LogP contribution is 2.22. The fraction of sp³-hybridized carbons (Fsp3) is 1.00. The van der Waals surface area contributed by atoms with Crippen LogP contribution in [0.5, 0.6) is 0 Å². The largest absolute Gasteiger partial charge is 0.556 e. The summed E-state index contributed by atoms with van der Waals surface area (Å²) in [7, 11) is -5.59. The van der Waals surface area contributed by atoms with E-state index < -0.39 is 15.5 Å². The SMILES string of the molecule is [NH-]S(=O)(=O)C(F)(F)F. The Balaban J connectivity index is 4.53. The van der Waals surface area contributed by atoms with E-state index in [2.05, 4.69) is 0 Å². The molecule has 0 heterocycles. The van der Waals surface area contributed by atoms with Crippen molar-refractivity contribution in [1.82, 2.24) is 0 Å². The van der Waals surface area contributed by atoms with Crippen LogP contribution in [0.1, 0.15) is 0 Å². The van der Waals surface area contributed by atoms with Crippen LogP contribution in [0.4, 0.5) is 13.2 Å². The van der Waals surface area contributed by atoms with Gasteiger partial charge in [0.15, 0.2) is 10.0 Å². The van der Waals surface area contributed by atoms with E-state index in [1.54, 1.807) is 0 Å². The summed E-state index contributed by atoms with van der Waals surface area (Å²) < 4.78 is 50.8. The van der Waals surface area contributed by atoms with E-state index in [4.69, 9.17) is 5.14 Å². The van der Waals surface area contributed by atoms with Crippen molar-refractivity contribution in [2.45, 2.75) is 5.51 Å². The minimum absolute atomic E-state index is 5.42. The van der Waals surface area contributed by atoms with Gasteiger partial charge in [0.05, 0.1) is 0 Å². The Morgan fingerprint density at radius 1 is 1.25 bits per heavy atom. The molecule has 0 aliphatic carbocycles. The van der Waals surface area contributed by atoms with Gasteiger partial charge >= 0.3 is 5.51 Å². The summed E-state index contributed by atoms with van der Waals surface area (Å²) in [5, 5.41) is 5.43. The molecule has 0 rings (SSSR count). The maximum absolute atomic E-state index is 10.8. The predicted molar refractivity (Wildman–Crippen MR) is 19.3 cm³/mol. The van der Waals surface area contributed by atoms with Crippen molar-refractivity contribution in [3.8, 4) is 0 Å². The second-order valence-corrected chi connectivity index (χ2v) is 2.42. The molecule has 0 aliphatic heterocycles. The van der Waals surface area contributed by atoms with Crippen molar-refractivity contribution in [3.63, 3.8) is 0 Å². The van der Waals surface area contributed by atoms with Crippen LogP contribution in [-0.4, -0.2) is 13.9 Å². The molecular formula is CHF3NO2S-. The minimum atomic E-state index is -5.59. The lowest BCUT2D eigenvalue weighted by Crippen LogP contribution is -2.18. The second kappa shape index (κ2) is 1.59. The van der Waals surface area contributed by atoms with Crippen molar-refractivity contribution in [2.75, 3.05) is 0 Å². The molecule has 0 atom stereocenters. The zero-order valence-electron chi connectivity index (χ0n) is 3.36. The normalized spacial score (nSPS) is 14.0.